The maximum atomic E-state index is 6.14. The normalized spacial score (nSPS) is 11.4. The van der Waals surface area contributed by atoms with Gasteiger partial charge < -0.3 is 4.74 Å². The molecule has 3 heteroatoms. The van der Waals surface area contributed by atoms with Gasteiger partial charge in [0.2, 0.25) is 0 Å². The zero-order valence-electron chi connectivity index (χ0n) is 23.3. The Hall–Kier alpha value is -5.15. The molecule has 0 aliphatic rings. The first-order valence-electron chi connectivity index (χ1n) is 13.9. The van der Waals surface area contributed by atoms with Crippen molar-refractivity contribution < 1.29 is 4.74 Å². The molecule has 0 saturated carbocycles. The van der Waals surface area contributed by atoms with Gasteiger partial charge in [-0.25, -0.2) is 4.98 Å². The van der Waals surface area contributed by atoms with Crippen molar-refractivity contribution in [2.45, 2.75) is 20.5 Å². The number of aromatic nitrogens is 2. The highest BCUT2D eigenvalue weighted by Gasteiger charge is 2.20. The van der Waals surface area contributed by atoms with Crippen LogP contribution in [-0.2, 0) is 6.61 Å². The van der Waals surface area contributed by atoms with Crippen LogP contribution in [-0.4, -0.2) is 9.55 Å². The number of rotatable bonds is 6. The van der Waals surface area contributed by atoms with E-state index in [0.29, 0.717) is 6.61 Å². The first kappa shape index (κ1) is 24.9. The molecule has 0 amide bonds. The number of ether oxygens (including phenoxy) is 1. The van der Waals surface area contributed by atoms with Gasteiger partial charge in [0.15, 0.2) is 0 Å². The lowest BCUT2D eigenvalue weighted by Gasteiger charge is -2.14. The number of aryl methyl sites for hydroxylation is 2. The topological polar surface area (TPSA) is 27.1 Å². The number of nitrogens with zero attached hydrogens (tertiary/aromatic N) is 2. The molecule has 0 saturated heterocycles. The van der Waals surface area contributed by atoms with E-state index in [1.165, 1.54) is 32.7 Å². The van der Waals surface area contributed by atoms with Crippen LogP contribution in [0.2, 0.25) is 0 Å². The van der Waals surface area contributed by atoms with E-state index in [4.69, 9.17) is 9.72 Å². The Balaban J connectivity index is 1.40. The molecule has 0 unspecified atom stereocenters. The van der Waals surface area contributed by atoms with Gasteiger partial charge in [0, 0.05) is 22.0 Å². The van der Waals surface area contributed by atoms with Crippen LogP contribution in [0.1, 0.15) is 22.3 Å². The molecule has 0 radical (unpaired) electrons. The van der Waals surface area contributed by atoms with E-state index >= 15 is 0 Å². The number of imidazole rings is 1. The Morgan fingerprint density at radius 3 is 2.05 bits per heavy atom. The van der Waals surface area contributed by atoms with Crippen LogP contribution in [0, 0.1) is 13.8 Å². The molecule has 198 valence electrons. The van der Waals surface area contributed by atoms with Crippen molar-refractivity contribution in [2.75, 3.05) is 0 Å². The predicted molar refractivity (Wildman–Crippen MR) is 172 cm³/mol. The molecular weight excluding hydrogens is 500 g/mol. The minimum Gasteiger partial charge on any atom is -0.489 e. The van der Waals surface area contributed by atoms with Crippen LogP contribution in [0.5, 0.6) is 5.75 Å². The first-order valence-corrected chi connectivity index (χ1v) is 13.9. The van der Waals surface area contributed by atoms with Crippen LogP contribution < -0.4 is 4.74 Å². The fraction of sp³-hybridized carbons (Fsp3) is 0.0789. The highest BCUT2D eigenvalue weighted by atomic mass is 16.5. The second-order valence-electron chi connectivity index (χ2n) is 10.7. The summed E-state index contributed by atoms with van der Waals surface area (Å²) in [6, 6.07) is 40.5. The Morgan fingerprint density at radius 1 is 0.707 bits per heavy atom. The summed E-state index contributed by atoms with van der Waals surface area (Å²) in [5.74, 6) is 1.75. The third-order valence-electron chi connectivity index (χ3n) is 7.78. The Morgan fingerprint density at radius 2 is 1.37 bits per heavy atom. The van der Waals surface area contributed by atoms with E-state index < -0.39 is 0 Å². The number of hydrogen-bond acceptors (Lipinski definition) is 2. The van der Waals surface area contributed by atoms with Gasteiger partial charge in [0.1, 0.15) is 18.2 Å². The molecule has 1 heterocycles. The van der Waals surface area contributed by atoms with Crippen molar-refractivity contribution in [3.05, 3.63) is 144 Å². The molecule has 41 heavy (non-hydrogen) atoms. The standard InChI is InChI=1S/C38H30N2O/c1-4-27-12-14-28(15-13-27)24-41-31-18-16-30(17-19-31)40-37-33-21-11-26(3)23-35(33)34-22-25(2)10-20-32(34)36(37)39-38(40)29-8-6-5-7-9-29/h4-23H,1,24H2,2-3H3. The van der Waals surface area contributed by atoms with Crippen molar-refractivity contribution in [1.29, 1.82) is 0 Å². The molecular formula is C38H30N2O. The molecule has 7 aromatic rings. The number of benzene rings is 6. The van der Waals surface area contributed by atoms with Crippen molar-refractivity contribution in [3.63, 3.8) is 0 Å². The van der Waals surface area contributed by atoms with Crippen LogP contribution in [0.4, 0.5) is 0 Å². The van der Waals surface area contributed by atoms with E-state index in [9.17, 15) is 0 Å². The fourth-order valence-electron chi connectivity index (χ4n) is 5.67. The summed E-state index contributed by atoms with van der Waals surface area (Å²) in [6.07, 6.45) is 1.85. The van der Waals surface area contributed by atoms with Gasteiger partial charge in [-0.15, -0.1) is 0 Å². The van der Waals surface area contributed by atoms with Gasteiger partial charge in [-0.3, -0.25) is 4.57 Å². The molecule has 0 fully saturated rings. The molecule has 0 N–H and O–H groups in total. The predicted octanol–water partition coefficient (Wildman–Crippen LogP) is 9.84. The second-order valence-corrected chi connectivity index (χ2v) is 10.7. The van der Waals surface area contributed by atoms with Gasteiger partial charge in [-0.1, -0.05) is 115 Å². The first-order chi connectivity index (χ1) is 20.1. The molecule has 0 aliphatic heterocycles. The van der Waals surface area contributed by atoms with Crippen LogP contribution in [0.25, 0.3) is 55.7 Å². The van der Waals surface area contributed by atoms with E-state index in [1.54, 1.807) is 0 Å². The molecule has 0 aliphatic carbocycles. The third-order valence-corrected chi connectivity index (χ3v) is 7.78. The lowest BCUT2D eigenvalue weighted by molar-refractivity contribution is 0.306. The number of fused-ring (bicyclic) bond motifs is 6. The van der Waals surface area contributed by atoms with Gasteiger partial charge in [-0.2, -0.15) is 0 Å². The largest absolute Gasteiger partial charge is 0.489 e. The van der Waals surface area contributed by atoms with Crippen LogP contribution >= 0.6 is 0 Å². The van der Waals surface area contributed by atoms with Crippen LogP contribution in [0.3, 0.4) is 0 Å². The maximum Gasteiger partial charge on any atom is 0.145 e. The molecule has 0 atom stereocenters. The van der Waals surface area contributed by atoms with E-state index in [0.717, 1.165) is 45.0 Å². The van der Waals surface area contributed by atoms with Gasteiger partial charge in [-0.05, 0) is 60.0 Å². The molecule has 3 nitrogen and oxygen atoms in total. The summed E-state index contributed by atoms with van der Waals surface area (Å²) < 4.78 is 8.45. The average Bonchev–Trinajstić information content (AvgIpc) is 3.42. The molecule has 0 bridgehead atoms. The summed E-state index contributed by atoms with van der Waals surface area (Å²) in [5.41, 5.74) is 8.96. The van der Waals surface area contributed by atoms with Crippen molar-refractivity contribution in [2.24, 2.45) is 0 Å². The SMILES string of the molecule is C=Cc1ccc(COc2ccc(-n3c(-c4ccccc4)nc4c5ccc(C)cc5c5cc(C)ccc5c43)cc2)cc1. The highest BCUT2D eigenvalue weighted by Crippen LogP contribution is 2.40. The van der Waals surface area contributed by atoms with Crippen molar-refractivity contribution >= 4 is 38.7 Å². The third kappa shape index (κ3) is 4.46. The molecule has 0 spiro atoms. The summed E-state index contributed by atoms with van der Waals surface area (Å²) in [6.45, 7) is 8.65. The Kier molecular flexibility index (Phi) is 6.13. The minimum atomic E-state index is 0.509. The van der Waals surface area contributed by atoms with Crippen molar-refractivity contribution in [3.8, 4) is 22.8 Å². The highest BCUT2D eigenvalue weighted by molar-refractivity contribution is 6.24. The minimum absolute atomic E-state index is 0.509. The van der Waals surface area contributed by atoms with Gasteiger partial charge in [0.05, 0.1) is 11.0 Å². The fourth-order valence-corrected chi connectivity index (χ4v) is 5.67. The van der Waals surface area contributed by atoms with E-state index in [2.05, 4.69) is 122 Å². The molecule has 1 aromatic heterocycles. The second kappa shape index (κ2) is 10.1. The zero-order chi connectivity index (χ0) is 27.9. The number of hydrogen-bond donors (Lipinski definition) is 0. The molecule has 7 rings (SSSR count). The van der Waals surface area contributed by atoms with Crippen LogP contribution in [0.15, 0.2) is 122 Å². The monoisotopic (exact) mass is 530 g/mol. The van der Waals surface area contributed by atoms with Gasteiger partial charge >= 0.3 is 0 Å². The lowest BCUT2D eigenvalue weighted by Crippen LogP contribution is -1.99. The average molecular weight is 531 g/mol. The Bertz CT molecular complexity index is 2050. The summed E-state index contributed by atoms with van der Waals surface area (Å²) in [4.78, 5) is 5.33. The summed E-state index contributed by atoms with van der Waals surface area (Å²) in [5, 5.41) is 4.86. The van der Waals surface area contributed by atoms with E-state index in [1.807, 2.05) is 24.3 Å². The quantitative estimate of drug-likeness (QED) is 0.200. The smallest absolute Gasteiger partial charge is 0.145 e. The zero-order valence-corrected chi connectivity index (χ0v) is 23.3. The Labute approximate surface area is 240 Å². The summed E-state index contributed by atoms with van der Waals surface area (Å²) >= 11 is 0. The lowest BCUT2D eigenvalue weighted by atomic mass is 9.97. The molecule has 6 aromatic carbocycles. The summed E-state index contributed by atoms with van der Waals surface area (Å²) in [7, 11) is 0. The van der Waals surface area contributed by atoms with E-state index in [-0.39, 0.29) is 0 Å². The van der Waals surface area contributed by atoms with Crippen molar-refractivity contribution in [1.82, 2.24) is 9.55 Å². The van der Waals surface area contributed by atoms with Gasteiger partial charge in [0.25, 0.3) is 0 Å². The maximum absolute atomic E-state index is 6.14.